The molecule has 1 unspecified atom stereocenters. The molecule has 1 heterocycles. The van der Waals surface area contributed by atoms with Crippen LogP contribution >= 0.6 is 0 Å². The third-order valence-corrected chi connectivity index (χ3v) is 3.48. The minimum absolute atomic E-state index is 0.0285. The van der Waals surface area contributed by atoms with E-state index in [2.05, 4.69) is 10.6 Å². The molecule has 1 fully saturated rings. The molecule has 0 radical (unpaired) electrons. The molecule has 0 aliphatic carbocycles. The van der Waals surface area contributed by atoms with Crippen LogP contribution < -0.4 is 10.6 Å². The van der Waals surface area contributed by atoms with Crippen molar-refractivity contribution >= 4 is 17.3 Å². The highest BCUT2D eigenvalue weighted by Crippen LogP contribution is 2.22. The summed E-state index contributed by atoms with van der Waals surface area (Å²) in [6.07, 6.45) is 0.332. The maximum atomic E-state index is 12.1. The third-order valence-electron chi connectivity index (χ3n) is 3.48. The monoisotopic (exact) mass is 292 g/mol. The van der Waals surface area contributed by atoms with Crippen molar-refractivity contribution in [3.63, 3.8) is 0 Å². The molecule has 7 heteroatoms. The number of carbonyl (C=O) groups excluding carboxylic acids is 1. The van der Waals surface area contributed by atoms with Crippen LogP contribution in [-0.2, 0) is 4.79 Å². The number of para-hydroxylation sites is 2. The lowest BCUT2D eigenvalue weighted by Crippen LogP contribution is -2.51. The van der Waals surface area contributed by atoms with E-state index in [1.54, 1.807) is 18.2 Å². The van der Waals surface area contributed by atoms with E-state index in [0.29, 0.717) is 37.8 Å². The molecular formula is C14H20N4O3. The number of nitrogens with zero attached hydrogens (tertiary/aromatic N) is 2. The number of nitro benzene ring substituents is 1. The molecule has 1 aromatic rings. The molecule has 0 bridgehead atoms. The number of hydrogen-bond acceptors (Lipinski definition) is 5. The summed E-state index contributed by atoms with van der Waals surface area (Å²) in [7, 11) is 0. The normalized spacial score (nSPS) is 18.3. The Kier molecular flexibility index (Phi) is 5.10. The van der Waals surface area contributed by atoms with E-state index >= 15 is 0 Å². The third kappa shape index (κ3) is 4.16. The van der Waals surface area contributed by atoms with Gasteiger partial charge in [-0.3, -0.25) is 14.9 Å². The van der Waals surface area contributed by atoms with Crippen LogP contribution in [0.15, 0.2) is 24.3 Å². The standard InChI is InChI=1S/C14H20N4O3/c1-11-10-17(9-8-15-11)14(19)6-7-16-12-4-2-3-5-13(12)18(20)21/h2-5,11,15-16H,6-10H2,1H3. The summed E-state index contributed by atoms with van der Waals surface area (Å²) < 4.78 is 0. The Bertz CT molecular complexity index is 521. The first kappa shape index (κ1) is 15.2. The van der Waals surface area contributed by atoms with Gasteiger partial charge in [0, 0.05) is 44.7 Å². The smallest absolute Gasteiger partial charge is 0.292 e. The summed E-state index contributed by atoms with van der Waals surface area (Å²) in [6, 6.07) is 6.76. The van der Waals surface area contributed by atoms with Gasteiger partial charge in [-0.25, -0.2) is 0 Å². The fourth-order valence-electron chi connectivity index (χ4n) is 2.40. The fraction of sp³-hybridized carbons (Fsp3) is 0.500. The van der Waals surface area contributed by atoms with Gasteiger partial charge in [0.15, 0.2) is 0 Å². The lowest BCUT2D eigenvalue weighted by Gasteiger charge is -2.32. The van der Waals surface area contributed by atoms with E-state index < -0.39 is 4.92 Å². The molecule has 1 aliphatic heterocycles. The molecule has 1 aromatic carbocycles. The number of hydrogen-bond donors (Lipinski definition) is 2. The van der Waals surface area contributed by atoms with Gasteiger partial charge in [-0.05, 0) is 13.0 Å². The number of nitrogens with one attached hydrogen (secondary N) is 2. The van der Waals surface area contributed by atoms with Crippen LogP contribution in [0.1, 0.15) is 13.3 Å². The zero-order valence-corrected chi connectivity index (χ0v) is 12.0. The average Bonchev–Trinajstić information content (AvgIpc) is 2.47. The van der Waals surface area contributed by atoms with E-state index in [4.69, 9.17) is 0 Å². The van der Waals surface area contributed by atoms with Crippen molar-refractivity contribution in [2.24, 2.45) is 0 Å². The molecule has 1 amide bonds. The molecule has 1 atom stereocenters. The molecular weight excluding hydrogens is 272 g/mol. The van der Waals surface area contributed by atoms with Crippen LogP contribution in [0.25, 0.3) is 0 Å². The van der Waals surface area contributed by atoms with Crippen molar-refractivity contribution in [2.75, 3.05) is 31.5 Å². The van der Waals surface area contributed by atoms with E-state index in [0.717, 1.165) is 6.54 Å². The van der Waals surface area contributed by atoms with Crippen molar-refractivity contribution in [3.05, 3.63) is 34.4 Å². The molecule has 0 saturated carbocycles. The highest BCUT2D eigenvalue weighted by atomic mass is 16.6. The van der Waals surface area contributed by atoms with E-state index in [1.807, 2.05) is 11.8 Å². The van der Waals surface area contributed by atoms with Gasteiger partial charge >= 0.3 is 0 Å². The molecule has 1 aliphatic rings. The molecule has 2 rings (SSSR count). The number of benzene rings is 1. The van der Waals surface area contributed by atoms with Gasteiger partial charge in [0.2, 0.25) is 5.91 Å². The summed E-state index contributed by atoms with van der Waals surface area (Å²) in [5, 5.41) is 17.1. The molecule has 21 heavy (non-hydrogen) atoms. The van der Waals surface area contributed by atoms with Gasteiger partial charge in [-0.1, -0.05) is 12.1 Å². The first-order valence-corrected chi connectivity index (χ1v) is 7.06. The summed E-state index contributed by atoms with van der Waals surface area (Å²) >= 11 is 0. The Morgan fingerprint density at radius 1 is 1.52 bits per heavy atom. The SMILES string of the molecule is CC1CN(C(=O)CCNc2ccccc2[N+](=O)[O-])CCN1. The lowest BCUT2D eigenvalue weighted by atomic mass is 10.2. The van der Waals surface area contributed by atoms with Gasteiger partial charge in [0.05, 0.1) is 4.92 Å². The van der Waals surface area contributed by atoms with Crippen molar-refractivity contribution in [1.29, 1.82) is 0 Å². The van der Waals surface area contributed by atoms with Crippen LogP contribution in [0, 0.1) is 10.1 Å². The van der Waals surface area contributed by atoms with Crippen LogP contribution in [0.3, 0.4) is 0 Å². The minimum Gasteiger partial charge on any atom is -0.379 e. The second-order valence-corrected chi connectivity index (χ2v) is 5.15. The van der Waals surface area contributed by atoms with Gasteiger partial charge in [0.1, 0.15) is 5.69 Å². The summed E-state index contributed by atoms with van der Waals surface area (Å²) in [5.41, 5.74) is 0.477. The highest BCUT2D eigenvalue weighted by molar-refractivity contribution is 5.77. The van der Waals surface area contributed by atoms with Crippen molar-refractivity contribution < 1.29 is 9.72 Å². The first-order chi connectivity index (χ1) is 10.1. The predicted octanol–water partition coefficient (Wildman–Crippen LogP) is 1.22. The van der Waals surface area contributed by atoms with E-state index in [-0.39, 0.29) is 11.6 Å². The quantitative estimate of drug-likeness (QED) is 0.629. The van der Waals surface area contributed by atoms with E-state index in [1.165, 1.54) is 6.07 Å². The average molecular weight is 292 g/mol. The number of piperazine rings is 1. The Hall–Kier alpha value is -2.15. The fourth-order valence-corrected chi connectivity index (χ4v) is 2.40. The molecule has 2 N–H and O–H groups in total. The largest absolute Gasteiger partial charge is 0.379 e. The van der Waals surface area contributed by atoms with Crippen molar-refractivity contribution in [3.8, 4) is 0 Å². The van der Waals surface area contributed by atoms with Gasteiger partial charge in [-0.2, -0.15) is 0 Å². The summed E-state index contributed by atoms with van der Waals surface area (Å²) in [5.74, 6) is 0.0782. The Balaban J connectivity index is 1.84. The molecule has 114 valence electrons. The van der Waals surface area contributed by atoms with Crippen LogP contribution in [0.5, 0.6) is 0 Å². The van der Waals surface area contributed by atoms with Crippen molar-refractivity contribution in [2.45, 2.75) is 19.4 Å². The number of nitro groups is 1. The number of carbonyl (C=O) groups is 1. The number of amides is 1. The molecule has 0 spiro atoms. The summed E-state index contributed by atoms with van der Waals surface area (Å²) in [4.78, 5) is 24.4. The van der Waals surface area contributed by atoms with Gasteiger partial charge < -0.3 is 15.5 Å². The Morgan fingerprint density at radius 3 is 3.00 bits per heavy atom. The molecule has 7 nitrogen and oxygen atoms in total. The van der Waals surface area contributed by atoms with Gasteiger partial charge in [0.25, 0.3) is 5.69 Å². The topological polar surface area (TPSA) is 87.5 Å². The predicted molar refractivity (Wildman–Crippen MR) is 80.2 cm³/mol. The second kappa shape index (κ2) is 7.03. The Morgan fingerprint density at radius 2 is 2.29 bits per heavy atom. The van der Waals surface area contributed by atoms with E-state index in [9.17, 15) is 14.9 Å². The van der Waals surface area contributed by atoms with Crippen LogP contribution in [-0.4, -0.2) is 48.0 Å². The Labute approximate surface area is 123 Å². The molecule has 0 aromatic heterocycles. The summed E-state index contributed by atoms with van der Waals surface area (Å²) in [6.45, 7) is 4.68. The lowest BCUT2D eigenvalue weighted by molar-refractivity contribution is -0.384. The highest BCUT2D eigenvalue weighted by Gasteiger charge is 2.20. The maximum absolute atomic E-state index is 12.1. The van der Waals surface area contributed by atoms with Gasteiger partial charge in [-0.15, -0.1) is 0 Å². The zero-order chi connectivity index (χ0) is 15.2. The van der Waals surface area contributed by atoms with Crippen LogP contribution in [0.2, 0.25) is 0 Å². The zero-order valence-electron chi connectivity index (χ0n) is 12.0. The minimum atomic E-state index is -0.428. The maximum Gasteiger partial charge on any atom is 0.292 e. The second-order valence-electron chi connectivity index (χ2n) is 5.15. The molecule has 1 saturated heterocycles. The van der Waals surface area contributed by atoms with Crippen molar-refractivity contribution in [1.82, 2.24) is 10.2 Å². The number of rotatable bonds is 5. The number of anilines is 1. The van der Waals surface area contributed by atoms with Crippen LogP contribution in [0.4, 0.5) is 11.4 Å². The first-order valence-electron chi connectivity index (χ1n) is 7.06.